The summed E-state index contributed by atoms with van der Waals surface area (Å²) >= 11 is 0.288. The molecule has 0 amide bonds. The Bertz CT molecular complexity index is 2460. The van der Waals surface area contributed by atoms with Crippen molar-refractivity contribution in [3.05, 3.63) is 158 Å². The van der Waals surface area contributed by atoms with Gasteiger partial charge in [0.2, 0.25) is 0 Å². The number of rotatable bonds is 4. The van der Waals surface area contributed by atoms with Gasteiger partial charge < -0.3 is 0 Å². The molecule has 2 heterocycles. The minimum atomic E-state index is 0.288. The summed E-state index contributed by atoms with van der Waals surface area (Å²) in [7, 11) is 0. The third kappa shape index (κ3) is 3.87. The van der Waals surface area contributed by atoms with Gasteiger partial charge in [0.15, 0.2) is 0 Å². The average molecular weight is 614 g/mol. The van der Waals surface area contributed by atoms with Crippen LogP contribution >= 0.6 is 0 Å². The molecule has 9 aromatic rings. The monoisotopic (exact) mass is 614 g/mol. The van der Waals surface area contributed by atoms with E-state index in [1.54, 1.807) is 0 Å². The van der Waals surface area contributed by atoms with Crippen LogP contribution in [-0.2, 0) is 0 Å². The molecule has 43 heavy (non-hydrogen) atoms. The summed E-state index contributed by atoms with van der Waals surface area (Å²) in [6.45, 7) is 0. The Hall–Kier alpha value is -5.08. The van der Waals surface area contributed by atoms with Gasteiger partial charge in [0.05, 0.1) is 0 Å². The van der Waals surface area contributed by atoms with Crippen LogP contribution < -0.4 is 4.90 Å². The molecule has 0 unspecified atom stereocenters. The van der Waals surface area contributed by atoms with Gasteiger partial charge in [-0.15, -0.1) is 0 Å². The van der Waals surface area contributed by atoms with Crippen molar-refractivity contribution in [1.29, 1.82) is 0 Å². The predicted octanol–water partition coefficient (Wildman–Crippen LogP) is 10.8. The molecule has 0 atom stereocenters. The molecule has 2 aromatic heterocycles. The fourth-order valence-electron chi connectivity index (χ4n) is 6.64. The fraction of sp³-hybridized carbons (Fsp3) is 0. The molecule has 2 nitrogen and oxygen atoms in total. The molecule has 0 aliphatic carbocycles. The number of aromatic nitrogens is 1. The summed E-state index contributed by atoms with van der Waals surface area (Å²) in [5, 5.41) is 7.76. The first kappa shape index (κ1) is 24.5. The summed E-state index contributed by atoms with van der Waals surface area (Å²) in [5.74, 6) is 0. The van der Waals surface area contributed by atoms with E-state index in [1.807, 2.05) is 0 Å². The number of anilines is 3. The number of hydrogen-bond donors (Lipinski definition) is 0. The number of hydrogen-bond acceptors (Lipinski definition) is 1. The summed E-state index contributed by atoms with van der Waals surface area (Å²) in [4.78, 5) is 2.45. The zero-order valence-electron chi connectivity index (χ0n) is 23.3. The summed E-state index contributed by atoms with van der Waals surface area (Å²) in [5.41, 5.74) is 7.10. The zero-order valence-corrected chi connectivity index (χ0v) is 25.0. The van der Waals surface area contributed by atoms with Gasteiger partial charge in [-0.2, -0.15) is 0 Å². The number of benzene rings is 7. The van der Waals surface area contributed by atoms with Crippen LogP contribution in [0.25, 0.3) is 57.6 Å². The van der Waals surface area contributed by atoms with Crippen LogP contribution in [0.2, 0.25) is 0 Å². The third-order valence-electron chi connectivity index (χ3n) is 8.56. The topological polar surface area (TPSA) is 8.17 Å². The third-order valence-corrected chi connectivity index (χ3v) is 10.9. The Morgan fingerprint density at radius 1 is 0.419 bits per heavy atom. The number of fused-ring (bicyclic) bond motifs is 7. The Morgan fingerprint density at radius 2 is 1.05 bits per heavy atom. The second kappa shape index (κ2) is 9.74. The van der Waals surface area contributed by atoms with Crippen LogP contribution in [0.5, 0.6) is 0 Å². The van der Waals surface area contributed by atoms with Gasteiger partial charge in [0.1, 0.15) is 0 Å². The SMILES string of the molecule is c1ccc(-n2c3ccccc3c3ccc(N(c4ccc5c(c4)[se]c4ccccc45)c4cccc5ccccc45)cc32)cc1. The fourth-order valence-corrected chi connectivity index (χ4v) is 9.03. The molecule has 0 aliphatic rings. The van der Waals surface area contributed by atoms with Crippen molar-refractivity contribution in [1.82, 2.24) is 4.57 Å². The van der Waals surface area contributed by atoms with E-state index in [0.717, 1.165) is 5.69 Å². The van der Waals surface area contributed by atoms with E-state index >= 15 is 0 Å². The van der Waals surface area contributed by atoms with Crippen molar-refractivity contribution in [2.75, 3.05) is 4.90 Å². The normalized spacial score (nSPS) is 11.7. The van der Waals surface area contributed by atoms with Gasteiger partial charge in [-0.05, 0) is 0 Å². The van der Waals surface area contributed by atoms with Crippen molar-refractivity contribution in [2.24, 2.45) is 0 Å². The molecule has 0 fully saturated rings. The molecule has 0 saturated heterocycles. The molecular formula is C40H26N2Se. The summed E-state index contributed by atoms with van der Waals surface area (Å²) < 4.78 is 5.31. The van der Waals surface area contributed by atoms with E-state index < -0.39 is 0 Å². The molecule has 9 rings (SSSR count). The van der Waals surface area contributed by atoms with E-state index in [2.05, 4.69) is 167 Å². The minimum absolute atomic E-state index is 0.288. The van der Waals surface area contributed by atoms with Gasteiger partial charge in [0, 0.05) is 0 Å². The zero-order chi connectivity index (χ0) is 28.3. The molecule has 7 aromatic carbocycles. The molecule has 3 heteroatoms. The number of para-hydroxylation sites is 2. The molecule has 0 bridgehead atoms. The van der Waals surface area contributed by atoms with Crippen molar-refractivity contribution < 1.29 is 0 Å². The van der Waals surface area contributed by atoms with Gasteiger partial charge in [-0.1, -0.05) is 0 Å². The first-order chi connectivity index (χ1) is 21.3. The quantitative estimate of drug-likeness (QED) is 0.179. The van der Waals surface area contributed by atoms with E-state index in [0.29, 0.717) is 0 Å². The van der Waals surface area contributed by atoms with Crippen LogP contribution in [0.15, 0.2) is 158 Å². The van der Waals surface area contributed by atoms with Crippen molar-refractivity contribution in [2.45, 2.75) is 0 Å². The Balaban J connectivity index is 1.34. The van der Waals surface area contributed by atoms with Gasteiger partial charge in [0.25, 0.3) is 0 Å². The first-order valence-corrected chi connectivity index (χ1v) is 16.3. The van der Waals surface area contributed by atoms with E-state index in [9.17, 15) is 0 Å². The van der Waals surface area contributed by atoms with Crippen LogP contribution in [0.3, 0.4) is 0 Å². The molecule has 0 saturated carbocycles. The standard InChI is InChI=1S/C40H26N2Se/c1-2-13-28(14-3-1)42-37-18-8-6-16-32(37)33-23-21-29(25-38(33)42)41(36-19-10-12-27-11-4-5-15-31(27)36)30-22-24-35-34-17-7-9-20-39(34)43-40(35)26-30/h1-26H. The van der Waals surface area contributed by atoms with E-state index in [-0.39, 0.29) is 14.5 Å². The Morgan fingerprint density at radius 3 is 1.93 bits per heavy atom. The van der Waals surface area contributed by atoms with Crippen LogP contribution in [0, 0.1) is 0 Å². The van der Waals surface area contributed by atoms with Crippen LogP contribution in [0.1, 0.15) is 0 Å². The average Bonchev–Trinajstić information content (AvgIpc) is 3.60. The molecular weight excluding hydrogens is 587 g/mol. The van der Waals surface area contributed by atoms with Crippen LogP contribution in [0.4, 0.5) is 17.1 Å². The van der Waals surface area contributed by atoms with Crippen LogP contribution in [-0.4, -0.2) is 19.1 Å². The molecule has 0 aliphatic heterocycles. The molecule has 0 spiro atoms. The summed E-state index contributed by atoms with van der Waals surface area (Å²) in [6, 6.07) is 57.7. The molecule has 202 valence electrons. The van der Waals surface area contributed by atoms with Gasteiger partial charge in [-0.3, -0.25) is 0 Å². The maximum atomic E-state index is 2.45. The first-order valence-electron chi connectivity index (χ1n) is 14.6. The second-order valence-electron chi connectivity index (χ2n) is 11.0. The number of nitrogens with zero attached hydrogens (tertiary/aromatic N) is 2. The molecule has 0 radical (unpaired) electrons. The van der Waals surface area contributed by atoms with E-state index in [1.165, 1.54) is 68.9 Å². The van der Waals surface area contributed by atoms with E-state index in [4.69, 9.17) is 0 Å². The maximum absolute atomic E-state index is 2.45. The van der Waals surface area contributed by atoms with Gasteiger partial charge >= 0.3 is 256 Å². The van der Waals surface area contributed by atoms with Crippen molar-refractivity contribution >= 4 is 83.4 Å². The Kier molecular flexibility index (Phi) is 5.55. The Labute approximate surface area is 255 Å². The molecule has 0 N–H and O–H groups in total. The van der Waals surface area contributed by atoms with Crippen molar-refractivity contribution in [3.63, 3.8) is 0 Å². The predicted molar refractivity (Wildman–Crippen MR) is 185 cm³/mol. The van der Waals surface area contributed by atoms with Crippen molar-refractivity contribution in [3.8, 4) is 5.69 Å². The second-order valence-corrected chi connectivity index (χ2v) is 13.3. The van der Waals surface area contributed by atoms with Gasteiger partial charge in [-0.25, -0.2) is 0 Å². The summed E-state index contributed by atoms with van der Waals surface area (Å²) in [6.07, 6.45) is 0.